The van der Waals surface area contributed by atoms with E-state index in [2.05, 4.69) is 20.8 Å². The zero-order valence-electron chi connectivity index (χ0n) is 34.9. The standard InChI is InChI=1S/C47H41N7O9S2/c1-53-46(50-51-52-53)65-28-34-27-64-44-47(60-2,43(58)54(44)37(34)42(57)63-39(32-19-11-5-12-20-32)33-21-13-6-14-22-33)49-40(55)36(29-23-25-35(26-24-29)61-45(48)59)41(56)62-38(30-15-7-3-8-16-30)31-17-9-4-10-18-31/h3-26,36,38-39,44H,27-28H2,1-2H3,(H2,48,59)(H,49,55)/t36?,44-,47-/m0/s1. The van der Waals surface area contributed by atoms with Crippen LogP contribution < -0.4 is 15.8 Å². The number of rotatable bonds is 16. The number of carbonyl (C=O) groups excluding carboxylic acids is 5. The zero-order valence-corrected chi connectivity index (χ0v) is 36.5. The third-order valence-corrected chi connectivity index (χ3v) is 13.2. The van der Waals surface area contributed by atoms with E-state index in [4.69, 9.17) is 24.7 Å². The van der Waals surface area contributed by atoms with E-state index in [0.717, 1.165) is 0 Å². The molecule has 65 heavy (non-hydrogen) atoms. The number of nitrogens with zero attached hydrogens (tertiary/aromatic N) is 5. The van der Waals surface area contributed by atoms with Gasteiger partial charge in [0, 0.05) is 25.7 Å². The molecule has 3 N–H and O–H groups in total. The number of primary amides is 1. The van der Waals surface area contributed by atoms with Gasteiger partial charge in [0.05, 0.1) is 0 Å². The molecule has 3 heterocycles. The van der Waals surface area contributed by atoms with Crippen LogP contribution in [-0.2, 0) is 40.4 Å². The zero-order chi connectivity index (χ0) is 45.5. The third-order valence-electron chi connectivity index (χ3n) is 10.7. The van der Waals surface area contributed by atoms with E-state index in [0.29, 0.717) is 33.0 Å². The van der Waals surface area contributed by atoms with Gasteiger partial charge < -0.3 is 30.0 Å². The van der Waals surface area contributed by atoms with Crippen molar-refractivity contribution in [2.24, 2.45) is 12.8 Å². The molecule has 3 atom stereocenters. The maximum atomic E-state index is 14.8. The Balaban J connectivity index is 1.13. The Morgan fingerprint density at radius 1 is 0.785 bits per heavy atom. The molecule has 0 saturated carbocycles. The second kappa shape index (κ2) is 19.6. The second-order valence-corrected chi connectivity index (χ2v) is 16.8. The molecule has 0 bridgehead atoms. The number of β-lactam (4-membered cyclic amide) rings is 1. The number of aryl methyl sites for hydroxylation is 1. The fraction of sp³-hybridized carbons (Fsp3) is 0.191. The van der Waals surface area contributed by atoms with Crippen molar-refractivity contribution in [3.05, 3.63) is 185 Å². The summed E-state index contributed by atoms with van der Waals surface area (Å²) in [5, 5.41) is 13.9. The molecule has 0 radical (unpaired) electrons. The minimum Gasteiger partial charge on any atom is -0.452 e. The largest absolute Gasteiger partial charge is 0.452 e. The van der Waals surface area contributed by atoms with Gasteiger partial charge in [-0.25, -0.2) is 14.3 Å². The van der Waals surface area contributed by atoms with Gasteiger partial charge in [0.25, 0.3) is 11.6 Å². The number of ether oxygens (including phenoxy) is 4. The summed E-state index contributed by atoms with van der Waals surface area (Å²) in [7, 11) is 2.95. The monoisotopic (exact) mass is 911 g/mol. The molecule has 0 aliphatic carbocycles. The lowest BCUT2D eigenvalue weighted by Gasteiger charge is -2.56. The summed E-state index contributed by atoms with van der Waals surface area (Å²) in [6.45, 7) is 0. The molecule has 3 amide bonds. The minimum atomic E-state index is -2.05. The van der Waals surface area contributed by atoms with E-state index in [1.807, 2.05) is 72.8 Å². The van der Waals surface area contributed by atoms with Crippen molar-refractivity contribution >= 4 is 53.4 Å². The summed E-state index contributed by atoms with van der Waals surface area (Å²) >= 11 is 2.52. The van der Waals surface area contributed by atoms with Gasteiger partial charge in [0.1, 0.15) is 16.8 Å². The van der Waals surface area contributed by atoms with Crippen LogP contribution >= 0.6 is 23.5 Å². The molecule has 2 aliphatic heterocycles. The van der Waals surface area contributed by atoms with Crippen LogP contribution in [0.25, 0.3) is 0 Å². The van der Waals surface area contributed by atoms with Gasteiger partial charge in [-0.1, -0.05) is 145 Å². The number of tetrazole rings is 1. The molecule has 1 unspecified atom stereocenters. The summed E-state index contributed by atoms with van der Waals surface area (Å²) in [6.07, 6.45) is -2.82. The first-order valence-corrected chi connectivity index (χ1v) is 22.2. The van der Waals surface area contributed by atoms with Crippen LogP contribution in [0, 0.1) is 0 Å². The SMILES string of the molecule is CO[C@@]1(NC(=O)C(C(=O)OC(c2ccccc2)c2ccccc2)c2ccc(OC(N)=O)cc2)C(=O)N2C(C(=O)OC(c3ccccc3)c3ccccc3)=C(CSc3nnnn3C)CS[C@H]21. The lowest BCUT2D eigenvalue weighted by molar-refractivity contribution is -0.194. The lowest BCUT2D eigenvalue weighted by atomic mass is 9.93. The first kappa shape index (κ1) is 44.3. The average Bonchev–Trinajstić information content (AvgIpc) is 3.75. The molecule has 18 heteroatoms. The number of nitrogens with two attached hydrogens (primary N) is 1. The third kappa shape index (κ3) is 9.36. The molecule has 2 aliphatic rings. The van der Waals surface area contributed by atoms with E-state index in [9.17, 15) is 24.0 Å². The smallest absolute Gasteiger partial charge is 0.409 e. The van der Waals surface area contributed by atoms with Gasteiger partial charge in [-0.2, -0.15) is 0 Å². The number of esters is 2. The maximum Gasteiger partial charge on any atom is 0.409 e. The molecular weight excluding hydrogens is 871 g/mol. The second-order valence-electron chi connectivity index (χ2n) is 14.8. The summed E-state index contributed by atoms with van der Waals surface area (Å²) in [4.78, 5) is 71.6. The Morgan fingerprint density at radius 3 is 1.78 bits per heavy atom. The van der Waals surface area contributed by atoms with Crippen LogP contribution in [0.1, 0.15) is 45.9 Å². The predicted octanol–water partition coefficient (Wildman–Crippen LogP) is 5.84. The number of hydrogen-bond acceptors (Lipinski definition) is 14. The van der Waals surface area contributed by atoms with E-state index in [1.54, 1.807) is 55.6 Å². The van der Waals surface area contributed by atoms with Crippen LogP contribution in [-0.4, -0.2) is 84.7 Å². The molecule has 1 saturated heterocycles. The number of benzene rings is 5. The molecule has 1 fully saturated rings. The minimum absolute atomic E-state index is 0.0188. The first-order valence-electron chi connectivity index (χ1n) is 20.2. The van der Waals surface area contributed by atoms with Gasteiger partial charge >= 0.3 is 18.0 Å². The maximum absolute atomic E-state index is 14.8. The molecule has 330 valence electrons. The number of hydrogen-bond donors (Lipinski definition) is 2. The van der Waals surface area contributed by atoms with Crippen molar-refractivity contribution in [3.63, 3.8) is 0 Å². The topological polar surface area (TPSA) is 207 Å². The van der Waals surface area contributed by atoms with Gasteiger partial charge in [0.2, 0.25) is 11.1 Å². The summed E-state index contributed by atoms with van der Waals surface area (Å²) in [5.41, 5.74) is 6.55. The molecule has 1 aromatic heterocycles. The number of nitrogens with one attached hydrogen (secondary N) is 1. The summed E-state index contributed by atoms with van der Waals surface area (Å²) in [5.74, 6) is -4.65. The number of carbonyl (C=O) groups is 5. The molecule has 6 aromatic rings. The van der Waals surface area contributed by atoms with E-state index >= 15 is 0 Å². The van der Waals surface area contributed by atoms with E-state index in [1.165, 1.54) is 64.5 Å². The first-order chi connectivity index (χ1) is 31.6. The van der Waals surface area contributed by atoms with Crippen molar-refractivity contribution in [3.8, 4) is 5.75 Å². The van der Waals surface area contributed by atoms with Crippen LogP contribution in [0.4, 0.5) is 4.79 Å². The van der Waals surface area contributed by atoms with Crippen LogP contribution in [0.2, 0.25) is 0 Å². The highest BCUT2D eigenvalue weighted by Gasteiger charge is 2.67. The highest BCUT2D eigenvalue weighted by molar-refractivity contribution is 8.01. The molecule has 8 rings (SSSR count). The van der Waals surface area contributed by atoms with Crippen molar-refractivity contribution in [2.45, 2.75) is 34.4 Å². The van der Waals surface area contributed by atoms with Crippen LogP contribution in [0.5, 0.6) is 5.75 Å². The Bertz CT molecular complexity index is 2630. The number of aromatic nitrogens is 4. The molecular formula is C47H41N7O9S2. The molecule has 5 aromatic carbocycles. The fourth-order valence-corrected chi connectivity index (χ4v) is 9.98. The lowest BCUT2D eigenvalue weighted by Crippen LogP contribution is -2.81. The Kier molecular flexibility index (Phi) is 13.4. The molecule has 16 nitrogen and oxygen atoms in total. The highest BCUT2D eigenvalue weighted by Crippen LogP contribution is 2.48. The van der Waals surface area contributed by atoms with Crippen LogP contribution in [0.15, 0.2) is 162 Å². The Morgan fingerprint density at radius 2 is 1.31 bits per heavy atom. The Labute approximate surface area is 381 Å². The van der Waals surface area contributed by atoms with Crippen molar-refractivity contribution in [1.29, 1.82) is 0 Å². The quantitative estimate of drug-likeness (QED) is 0.0385. The normalized spacial score (nSPS) is 17.2. The van der Waals surface area contributed by atoms with Crippen molar-refractivity contribution in [1.82, 2.24) is 30.4 Å². The number of thioether (sulfide) groups is 2. The van der Waals surface area contributed by atoms with Gasteiger partial charge in [-0.3, -0.25) is 19.3 Å². The van der Waals surface area contributed by atoms with Crippen molar-refractivity contribution in [2.75, 3.05) is 18.6 Å². The van der Waals surface area contributed by atoms with Crippen LogP contribution in [0.3, 0.4) is 0 Å². The van der Waals surface area contributed by atoms with Crippen molar-refractivity contribution < 1.29 is 42.9 Å². The van der Waals surface area contributed by atoms with E-state index < -0.39 is 59.1 Å². The number of fused-ring (bicyclic) bond motifs is 1. The average molecular weight is 912 g/mol. The number of methoxy groups -OCH3 is 1. The van der Waals surface area contributed by atoms with Gasteiger partial charge in [-0.05, 0) is 55.9 Å². The molecule has 0 spiro atoms. The summed E-state index contributed by atoms with van der Waals surface area (Å²) < 4.78 is 24.9. The van der Waals surface area contributed by atoms with Gasteiger partial charge in [0.15, 0.2) is 18.1 Å². The number of amides is 3. The Hall–Kier alpha value is -7.28. The predicted molar refractivity (Wildman–Crippen MR) is 239 cm³/mol. The van der Waals surface area contributed by atoms with Gasteiger partial charge in [-0.15, -0.1) is 16.9 Å². The highest BCUT2D eigenvalue weighted by atomic mass is 32.2. The summed E-state index contributed by atoms with van der Waals surface area (Å²) in [6, 6.07) is 42.1. The van der Waals surface area contributed by atoms with E-state index in [-0.39, 0.29) is 28.5 Å². The fourth-order valence-electron chi connectivity index (χ4n) is 7.55.